The van der Waals surface area contributed by atoms with Gasteiger partial charge >= 0.3 is 16.3 Å². The Balaban J connectivity index is 1.74. The van der Waals surface area contributed by atoms with Gasteiger partial charge in [-0.25, -0.2) is 9.82 Å². The molecule has 0 spiro atoms. The van der Waals surface area contributed by atoms with E-state index in [0.29, 0.717) is 23.4 Å². The molecule has 0 aromatic heterocycles. The molecule has 0 aliphatic rings. The van der Waals surface area contributed by atoms with E-state index in [0.717, 1.165) is 30.5 Å². The molecule has 0 saturated carbocycles. The summed E-state index contributed by atoms with van der Waals surface area (Å²) in [6.45, 7) is 0. The molecule has 3 rings (SSSR count). The summed E-state index contributed by atoms with van der Waals surface area (Å²) in [4.78, 5) is 11.6. The Bertz CT molecular complexity index is 1340. The van der Waals surface area contributed by atoms with Gasteiger partial charge in [0.2, 0.25) is 5.91 Å². The quantitative estimate of drug-likeness (QED) is 0.211. The van der Waals surface area contributed by atoms with Crippen LogP contribution in [0.4, 0.5) is 17.6 Å². The second-order valence-electron chi connectivity index (χ2n) is 7.03. The van der Waals surface area contributed by atoms with Gasteiger partial charge in [-0.1, -0.05) is 18.2 Å². The summed E-state index contributed by atoms with van der Waals surface area (Å²) < 4.78 is 87.5. The molecule has 1 amide bonds. The SMILES string of the molecule is COc1cccc(CC(=O)N/N=C/c2c(F)cccc2OS(=O)(=O)c2ccc(C(F)(F)F)cc2)c1. The zero-order valence-corrected chi connectivity index (χ0v) is 18.9. The number of methoxy groups -OCH3 is 1. The first-order chi connectivity index (χ1) is 16.5. The van der Waals surface area contributed by atoms with Crippen LogP contribution in [-0.2, 0) is 27.5 Å². The summed E-state index contributed by atoms with van der Waals surface area (Å²) >= 11 is 0. The summed E-state index contributed by atoms with van der Waals surface area (Å²) in [7, 11) is -3.12. The van der Waals surface area contributed by atoms with Crippen LogP contribution >= 0.6 is 0 Å². The van der Waals surface area contributed by atoms with Crippen LogP contribution in [0.3, 0.4) is 0 Å². The highest BCUT2D eigenvalue weighted by Gasteiger charge is 2.31. The molecule has 3 aromatic rings. The van der Waals surface area contributed by atoms with Crippen molar-refractivity contribution in [3.63, 3.8) is 0 Å². The highest BCUT2D eigenvalue weighted by atomic mass is 32.2. The Morgan fingerprint density at radius 3 is 2.40 bits per heavy atom. The monoisotopic (exact) mass is 510 g/mol. The molecule has 0 radical (unpaired) electrons. The van der Waals surface area contributed by atoms with E-state index >= 15 is 0 Å². The van der Waals surface area contributed by atoms with Crippen molar-refractivity contribution in [2.75, 3.05) is 7.11 Å². The molecule has 0 saturated heterocycles. The van der Waals surface area contributed by atoms with E-state index in [9.17, 15) is 30.8 Å². The Morgan fingerprint density at radius 2 is 1.74 bits per heavy atom. The van der Waals surface area contributed by atoms with Gasteiger partial charge in [0.1, 0.15) is 16.5 Å². The van der Waals surface area contributed by atoms with Gasteiger partial charge in [0, 0.05) is 0 Å². The maximum absolute atomic E-state index is 14.3. The third-order valence-corrected chi connectivity index (χ3v) is 5.81. The highest BCUT2D eigenvalue weighted by Crippen LogP contribution is 2.30. The van der Waals surface area contributed by atoms with E-state index in [1.54, 1.807) is 24.3 Å². The van der Waals surface area contributed by atoms with Crippen molar-refractivity contribution < 1.29 is 39.7 Å². The van der Waals surface area contributed by atoms with E-state index < -0.39 is 49.8 Å². The van der Waals surface area contributed by atoms with Gasteiger partial charge in [-0.15, -0.1) is 0 Å². The van der Waals surface area contributed by atoms with Crippen LogP contribution < -0.4 is 14.3 Å². The van der Waals surface area contributed by atoms with Crippen molar-refractivity contribution in [1.29, 1.82) is 0 Å². The van der Waals surface area contributed by atoms with E-state index in [2.05, 4.69) is 10.5 Å². The van der Waals surface area contributed by atoms with Gasteiger partial charge in [-0.05, 0) is 54.1 Å². The molecule has 0 aliphatic heterocycles. The lowest BCUT2D eigenvalue weighted by molar-refractivity contribution is -0.137. The summed E-state index contributed by atoms with van der Waals surface area (Å²) in [6, 6.07) is 12.7. The normalized spacial score (nSPS) is 11.9. The minimum atomic E-state index is -4.65. The number of rotatable bonds is 8. The number of hydrogen-bond acceptors (Lipinski definition) is 6. The second kappa shape index (κ2) is 10.6. The number of carbonyl (C=O) groups is 1. The lowest BCUT2D eigenvalue weighted by atomic mass is 10.1. The molecule has 3 aromatic carbocycles. The van der Waals surface area contributed by atoms with Crippen molar-refractivity contribution >= 4 is 22.2 Å². The van der Waals surface area contributed by atoms with Gasteiger partial charge in [0.05, 0.1) is 30.9 Å². The smallest absolute Gasteiger partial charge is 0.416 e. The maximum atomic E-state index is 14.3. The van der Waals surface area contributed by atoms with Crippen molar-refractivity contribution in [2.24, 2.45) is 5.10 Å². The van der Waals surface area contributed by atoms with E-state index in [-0.39, 0.29) is 6.42 Å². The third kappa shape index (κ3) is 6.79. The van der Waals surface area contributed by atoms with E-state index in [4.69, 9.17) is 8.92 Å². The van der Waals surface area contributed by atoms with Crippen LogP contribution in [0.15, 0.2) is 76.7 Å². The standard InChI is InChI=1S/C23H18F4N2O5S/c1-33-17-5-2-4-15(12-17)13-22(30)29-28-14-19-20(24)6-3-7-21(19)34-35(31,32)18-10-8-16(9-11-18)23(25,26)27/h2-12,14H,13H2,1H3,(H,29,30)/b28-14+. The average Bonchev–Trinajstić information content (AvgIpc) is 2.80. The number of amides is 1. The lowest BCUT2D eigenvalue weighted by Gasteiger charge is -2.11. The number of halogens is 4. The Morgan fingerprint density at radius 1 is 1.06 bits per heavy atom. The Labute approximate surface area is 198 Å². The Hall–Kier alpha value is -3.93. The molecule has 35 heavy (non-hydrogen) atoms. The number of nitrogens with zero attached hydrogens (tertiary/aromatic N) is 1. The minimum Gasteiger partial charge on any atom is -0.497 e. The van der Waals surface area contributed by atoms with Crippen LogP contribution in [0.1, 0.15) is 16.7 Å². The number of benzene rings is 3. The molecular weight excluding hydrogens is 492 g/mol. The summed E-state index contributed by atoms with van der Waals surface area (Å²) in [6.07, 6.45) is -3.85. The highest BCUT2D eigenvalue weighted by molar-refractivity contribution is 7.87. The fraction of sp³-hybridized carbons (Fsp3) is 0.130. The van der Waals surface area contributed by atoms with Gasteiger partial charge < -0.3 is 8.92 Å². The lowest BCUT2D eigenvalue weighted by Crippen LogP contribution is -2.20. The van der Waals surface area contributed by atoms with Crippen LogP contribution in [0.5, 0.6) is 11.5 Å². The number of hydrazone groups is 1. The Kier molecular flexibility index (Phi) is 7.75. The number of alkyl halides is 3. The maximum Gasteiger partial charge on any atom is 0.416 e. The first-order valence-corrected chi connectivity index (χ1v) is 11.3. The van der Waals surface area contributed by atoms with Gasteiger partial charge in [-0.3, -0.25) is 4.79 Å². The molecule has 7 nitrogen and oxygen atoms in total. The van der Waals surface area contributed by atoms with Crippen molar-refractivity contribution in [1.82, 2.24) is 5.43 Å². The summed E-state index contributed by atoms with van der Waals surface area (Å²) in [5, 5.41) is 3.65. The minimum absolute atomic E-state index is 0.0581. The number of hydrogen-bond donors (Lipinski definition) is 1. The zero-order chi connectivity index (χ0) is 25.6. The molecule has 0 fully saturated rings. The molecule has 0 bridgehead atoms. The van der Waals surface area contributed by atoms with Crippen molar-refractivity contribution in [2.45, 2.75) is 17.5 Å². The predicted molar refractivity (Wildman–Crippen MR) is 118 cm³/mol. The number of carbonyl (C=O) groups excluding carboxylic acids is 1. The average molecular weight is 510 g/mol. The molecule has 0 aliphatic carbocycles. The molecule has 1 N–H and O–H groups in total. The van der Waals surface area contributed by atoms with Crippen LogP contribution in [0, 0.1) is 5.82 Å². The molecular formula is C23H18F4N2O5S. The molecule has 0 heterocycles. The molecule has 184 valence electrons. The van der Waals surface area contributed by atoms with Crippen molar-refractivity contribution in [3.8, 4) is 11.5 Å². The fourth-order valence-electron chi connectivity index (χ4n) is 2.87. The van der Waals surface area contributed by atoms with Gasteiger partial charge in [-0.2, -0.15) is 26.7 Å². The van der Waals surface area contributed by atoms with Crippen LogP contribution in [-0.4, -0.2) is 27.6 Å². The zero-order valence-electron chi connectivity index (χ0n) is 18.0. The predicted octanol–water partition coefficient (Wildman–Crippen LogP) is 4.31. The van der Waals surface area contributed by atoms with Crippen LogP contribution in [0.25, 0.3) is 0 Å². The summed E-state index contributed by atoms with van der Waals surface area (Å²) in [5.41, 5.74) is 1.39. The first-order valence-electron chi connectivity index (χ1n) is 9.85. The fourth-order valence-corrected chi connectivity index (χ4v) is 3.82. The topological polar surface area (TPSA) is 94.1 Å². The second-order valence-corrected chi connectivity index (χ2v) is 8.58. The van der Waals surface area contributed by atoms with Crippen LogP contribution in [0.2, 0.25) is 0 Å². The molecule has 0 atom stereocenters. The largest absolute Gasteiger partial charge is 0.497 e. The van der Waals surface area contributed by atoms with E-state index in [1.807, 2.05) is 0 Å². The van der Waals surface area contributed by atoms with Crippen molar-refractivity contribution in [3.05, 3.63) is 89.2 Å². The van der Waals surface area contributed by atoms with E-state index in [1.165, 1.54) is 13.2 Å². The molecule has 0 unspecified atom stereocenters. The van der Waals surface area contributed by atoms with Gasteiger partial charge in [0.25, 0.3) is 0 Å². The number of ether oxygens (including phenoxy) is 1. The summed E-state index contributed by atoms with van der Waals surface area (Å²) in [5.74, 6) is -1.36. The van der Waals surface area contributed by atoms with Gasteiger partial charge in [0.15, 0.2) is 5.75 Å². The molecule has 12 heteroatoms. The number of nitrogens with one attached hydrogen (secondary N) is 1. The third-order valence-electron chi connectivity index (χ3n) is 4.56. The first kappa shape index (κ1) is 25.7.